The molecule has 0 saturated carbocycles. The van der Waals surface area contributed by atoms with E-state index in [9.17, 15) is 18.0 Å². The van der Waals surface area contributed by atoms with Gasteiger partial charge in [0.05, 0.1) is 12.2 Å². The number of fused-ring (bicyclic) bond motifs is 3. The van der Waals surface area contributed by atoms with Gasteiger partial charge in [-0.05, 0) is 19.1 Å². The number of halogens is 3. The van der Waals surface area contributed by atoms with Gasteiger partial charge < -0.3 is 0 Å². The van der Waals surface area contributed by atoms with Crippen LogP contribution in [0.1, 0.15) is 11.5 Å². The molecule has 0 radical (unpaired) electrons. The van der Waals surface area contributed by atoms with Crippen LogP contribution in [0.5, 0.6) is 0 Å². The van der Waals surface area contributed by atoms with Crippen molar-refractivity contribution in [3.8, 4) is 0 Å². The van der Waals surface area contributed by atoms with E-state index < -0.39 is 18.6 Å². The summed E-state index contributed by atoms with van der Waals surface area (Å²) in [5, 5.41) is 14.2. The van der Waals surface area contributed by atoms with E-state index in [0.29, 0.717) is 16.2 Å². The van der Waals surface area contributed by atoms with Crippen LogP contribution in [0.4, 0.5) is 18.9 Å². The Morgan fingerprint density at radius 1 is 1.00 bits per heavy atom. The number of amides is 1. The molecule has 0 bridgehead atoms. The van der Waals surface area contributed by atoms with Crippen LogP contribution in [0.2, 0.25) is 0 Å². The third-order valence-corrected chi connectivity index (χ3v) is 4.37. The molecule has 2 aromatic heterocycles. The molecule has 0 spiro atoms. The summed E-state index contributed by atoms with van der Waals surface area (Å²) >= 11 is 0. The van der Waals surface area contributed by atoms with Crippen molar-refractivity contribution in [3.63, 3.8) is 0 Å². The van der Waals surface area contributed by atoms with Gasteiger partial charge in [0.1, 0.15) is 0 Å². The summed E-state index contributed by atoms with van der Waals surface area (Å²) in [5.74, 6) is -1.85. The number of hydrogen-bond acceptors (Lipinski definition) is 4. The van der Waals surface area contributed by atoms with Crippen LogP contribution in [0.25, 0.3) is 16.4 Å². The van der Waals surface area contributed by atoms with E-state index in [1.54, 1.807) is 25.1 Å². The van der Waals surface area contributed by atoms with Gasteiger partial charge in [0.2, 0.25) is 0 Å². The number of carbonyl (C=O) groups excluding carboxylic acids is 1. The Morgan fingerprint density at radius 3 is 2.32 bits per heavy atom. The molecule has 0 fully saturated rings. The van der Waals surface area contributed by atoms with E-state index in [4.69, 9.17) is 0 Å². The summed E-state index contributed by atoms with van der Waals surface area (Å²) in [6.45, 7) is 1.37. The summed E-state index contributed by atoms with van der Waals surface area (Å²) in [4.78, 5) is 12.7. The molecular weight excluding hydrogens is 371 g/mol. The van der Waals surface area contributed by atoms with Crippen molar-refractivity contribution >= 4 is 28.0 Å². The van der Waals surface area contributed by atoms with Crippen molar-refractivity contribution in [3.05, 3.63) is 66.1 Å². The predicted octanol–water partition coefficient (Wildman–Crippen LogP) is 3.68. The van der Waals surface area contributed by atoms with Gasteiger partial charge in [0, 0.05) is 16.5 Å². The zero-order valence-electron chi connectivity index (χ0n) is 14.7. The smallest absolute Gasteiger partial charge is 0.297 e. The lowest BCUT2D eigenvalue weighted by Crippen LogP contribution is -2.41. The number of hydrogen-bond donors (Lipinski definition) is 0. The maximum atomic E-state index is 13.2. The molecule has 4 rings (SSSR count). The number of aromatic nitrogens is 4. The predicted molar refractivity (Wildman–Crippen MR) is 96.7 cm³/mol. The van der Waals surface area contributed by atoms with Gasteiger partial charge in [-0.15, -0.1) is 10.2 Å². The Kier molecular flexibility index (Phi) is 4.21. The third kappa shape index (κ3) is 3.04. The first kappa shape index (κ1) is 17.9. The first-order valence-electron chi connectivity index (χ1n) is 8.39. The fourth-order valence-electron chi connectivity index (χ4n) is 3.06. The molecule has 0 unspecified atom stereocenters. The Bertz CT molecular complexity index is 1170. The van der Waals surface area contributed by atoms with Crippen molar-refractivity contribution in [2.75, 3.05) is 4.90 Å². The Hall–Kier alpha value is -3.49. The van der Waals surface area contributed by atoms with Crippen LogP contribution in [0.15, 0.2) is 54.6 Å². The monoisotopic (exact) mass is 385 g/mol. The van der Waals surface area contributed by atoms with Gasteiger partial charge in [-0.3, -0.25) is 9.69 Å². The van der Waals surface area contributed by atoms with Gasteiger partial charge in [-0.2, -0.15) is 22.8 Å². The minimum Gasteiger partial charge on any atom is -0.297 e. The Morgan fingerprint density at radius 2 is 1.64 bits per heavy atom. The van der Waals surface area contributed by atoms with Crippen molar-refractivity contribution in [2.45, 2.75) is 19.6 Å². The average Bonchev–Trinajstić information content (AvgIpc) is 3.08. The van der Waals surface area contributed by atoms with Gasteiger partial charge in [-0.25, -0.2) is 0 Å². The number of benzene rings is 2. The summed E-state index contributed by atoms with van der Waals surface area (Å²) in [6.07, 6.45) is -5.02. The topological polar surface area (TPSA) is 63.4 Å². The molecule has 9 heteroatoms. The molecule has 6 nitrogen and oxygen atoms in total. The molecule has 0 saturated heterocycles. The van der Waals surface area contributed by atoms with Crippen LogP contribution in [0, 0.1) is 6.92 Å². The average molecular weight is 385 g/mol. The quantitative estimate of drug-likeness (QED) is 0.540. The van der Waals surface area contributed by atoms with Crippen LogP contribution in [0.3, 0.4) is 0 Å². The second kappa shape index (κ2) is 6.59. The number of aryl methyl sites for hydroxylation is 1. The summed E-state index contributed by atoms with van der Waals surface area (Å²) in [5.41, 5.74) is 1.21. The van der Waals surface area contributed by atoms with Crippen molar-refractivity contribution in [1.82, 2.24) is 19.8 Å². The number of anilines is 1. The van der Waals surface area contributed by atoms with Crippen molar-refractivity contribution in [2.24, 2.45) is 0 Å². The maximum Gasteiger partial charge on any atom is 0.471 e. The highest BCUT2D eigenvalue weighted by Crippen LogP contribution is 2.26. The minimum absolute atomic E-state index is 0.110. The molecule has 0 aliphatic heterocycles. The zero-order chi connectivity index (χ0) is 19.9. The molecule has 2 heterocycles. The fraction of sp³-hybridized carbons (Fsp3) is 0.158. The van der Waals surface area contributed by atoms with E-state index in [1.165, 1.54) is 16.6 Å². The standard InChI is InChI=1S/C19H14F3N5O/c1-12-14-9-5-6-10-15(14)17-24-23-16(27(17)25-12)11-26(18(28)19(20,21)22)13-7-3-2-4-8-13/h2-10H,11H2,1H3. The van der Waals surface area contributed by atoms with E-state index in [2.05, 4.69) is 15.3 Å². The van der Waals surface area contributed by atoms with Crippen LogP contribution in [-0.2, 0) is 11.3 Å². The van der Waals surface area contributed by atoms with Crippen molar-refractivity contribution < 1.29 is 18.0 Å². The highest BCUT2D eigenvalue weighted by Gasteiger charge is 2.43. The molecule has 0 aliphatic rings. The fourth-order valence-corrected chi connectivity index (χ4v) is 3.06. The number of carbonyl (C=O) groups is 1. The normalized spacial score (nSPS) is 11.9. The summed E-state index contributed by atoms with van der Waals surface area (Å²) < 4.78 is 40.8. The lowest BCUT2D eigenvalue weighted by molar-refractivity contribution is -0.170. The van der Waals surface area contributed by atoms with Crippen LogP contribution >= 0.6 is 0 Å². The van der Waals surface area contributed by atoms with Crippen molar-refractivity contribution in [1.29, 1.82) is 0 Å². The highest BCUT2D eigenvalue weighted by atomic mass is 19.4. The first-order valence-corrected chi connectivity index (χ1v) is 8.39. The van der Waals surface area contributed by atoms with Gasteiger partial charge in [0.25, 0.3) is 0 Å². The van der Waals surface area contributed by atoms with E-state index in [1.807, 2.05) is 24.3 Å². The molecule has 4 aromatic rings. The minimum atomic E-state index is -5.02. The molecule has 0 N–H and O–H groups in total. The summed E-state index contributed by atoms with van der Waals surface area (Å²) in [6, 6.07) is 15.1. The molecule has 142 valence electrons. The maximum absolute atomic E-state index is 13.2. The zero-order valence-corrected chi connectivity index (χ0v) is 14.7. The third-order valence-electron chi connectivity index (χ3n) is 4.37. The summed E-state index contributed by atoms with van der Waals surface area (Å²) in [7, 11) is 0. The number of alkyl halides is 3. The number of nitrogens with zero attached hydrogens (tertiary/aromatic N) is 5. The lowest BCUT2D eigenvalue weighted by Gasteiger charge is -2.23. The molecule has 2 aromatic carbocycles. The second-order valence-electron chi connectivity index (χ2n) is 6.21. The Balaban J connectivity index is 1.83. The molecule has 0 atom stereocenters. The lowest BCUT2D eigenvalue weighted by atomic mass is 10.1. The molecule has 0 aliphatic carbocycles. The molecule has 1 amide bonds. The van der Waals surface area contributed by atoms with Crippen LogP contribution in [-0.4, -0.2) is 31.9 Å². The SMILES string of the molecule is Cc1nn2c(CN(C(=O)C(F)(F)F)c3ccccc3)nnc2c2ccccc12. The molecule has 28 heavy (non-hydrogen) atoms. The number of rotatable bonds is 3. The van der Waals surface area contributed by atoms with Gasteiger partial charge >= 0.3 is 12.1 Å². The van der Waals surface area contributed by atoms with E-state index >= 15 is 0 Å². The second-order valence-corrected chi connectivity index (χ2v) is 6.21. The van der Waals surface area contributed by atoms with Gasteiger partial charge in [-0.1, -0.05) is 42.5 Å². The highest BCUT2D eigenvalue weighted by molar-refractivity contribution is 5.97. The van der Waals surface area contributed by atoms with E-state index in [0.717, 1.165) is 10.8 Å². The largest absolute Gasteiger partial charge is 0.471 e. The number of para-hydroxylation sites is 1. The van der Waals surface area contributed by atoms with E-state index in [-0.39, 0.29) is 11.5 Å². The van der Waals surface area contributed by atoms with Gasteiger partial charge in [0.15, 0.2) is 11.5 Å². The molecular formula is C19H14F3N5O. The first-order chi connectivity index (χ1) is 13.4. The Labute approximate surface area is 157 Å². The van der Waals surface area contributed by atoms with Crippen LogP contribution < -0.4 is 4.90 Å².